The van der Waals surface area contributed by atoms with Gasteiger partial charge in [0.15, 0.2) is 0 Å². The molecule has 0 atom stereocenters. The van der Waals surface area contributed by atoms with Crippen molar-refractivity contribution in [3.05, 3.63) is 36.2 Å². The molecule has 0 bridgehead atoms. The number of anilines is 1. The first kappa shape index (κ1) is 17.1. The van der Waals surface area contributed by atoms with Crippen LogP contribution in [0.15, 0.2) is 18.2 Å². The molecule has 117 valence electrons. The summed E-state index contributed by atoms with van der Waals surface area (Å²) in [6, 6.07) is 1.76. The summed E-state index contributed by atoms with van der Waals surface area (Å²) < 4.78 is 80.9. The summed E-state index contributed by atoms with van der Waals surface area (Å²) in [7, 11) is 0. The number of hydrogen-bond donors (Lipinski definition) is 1. The molecule has 0 saturated heterocycles. The lowest BCUT2D eigenvalue weighted by Crippen LogP contribution is -2.22. The summed E-state index contributed by atoms with van der Waals surface area (Å²) in [6.45, 7) is 3.16. The van der Waals surface area contributed by atoms with E-state index >= 15 is 0 Å². The standard InChI is InChI=1S/C12H10F6NO2/c1-2-6-21-10(20)19-8-5-3-4-7(11(13,14)15)9(8)12(16,17)18/h3-5H,1-2,6H2,(H,19,20). The third-order valence-electron chi connectivity index (χ3n) is 2.27. The van der Waals surface area contributed by atoms with Crippen LogP contribution in [-0.2, 0) is 17.1 Å². The Morgan fingerprint density at radius 2 is 1.76 bits per heavy atom. The lowest BCUT2D eigenvalue weighted by Gasteiger charge is -2.19. The van der Waals surface area contributed by atoms with Crippen LogP contribution in [0.2, 0.25) is 0 Å². The van der Waals surface area contributed by atoms with E-state index in [1.165, 1.54) is 0 Å². The van der Waals surface area contributed by atoms with Gasteiger partial charge in [-0.15, -0.1) is 0 Å². The van der Waals surface area contributed by atoms with Crippen molar-refractivity contribution in [2.45, 2.75) is 18.8 Å². The molecule has 1 aromatic carbocycles. The van der Waals surface area contributed by atoms with Crippen LogP contribution in [0.5, 0.6) is 0 Å². The van der Waals surface area contributed by atoms with Gasteiger partial charge in [-0.2, -0.15) is 26.3 Å². The third kappa shape index (κ3) is 4.54. The molecular formula is C12H10F6NO2. The topological polar surface area (TPSA) is 38.3 Å². The maximum Gasteiger partial charge on any atom is 0.419 e. The molecule has 0 fully saturated rings. The van der Waals surface area contributed by atoms with Crippen molar-refractivity contribution in [1.29, 1.82) is 0 Å². The van der Waals surface area contributed by atoms with Crippen molar-refractivity contribution < 1.29 is 35.9 Å². The van der Waals surface area contributed by atoms with Gasteiger partial charge in [0.2, 0.25) is 0 Å². The van der Waals surface area contributed by atoms with E-state index in [1.54, 1.807) is 5.32 Å². The zero-order valence-electron chi connectivity index (χ0n) is 10.4. The number of hydrogen-bond acceptors (Lipinski definition) is 2. The minimum absolute atomic E-state index is 0.169. The molecule has 0 spiro atoms. The molecule has 0 aliphatic heterocycles. The Bertz CT molecular complexity index is 509. The summed E-state index contributed by atoms with van der Waals surface area (Å²) in [6.07, 6.45) is -11.6. The predicted molar refractivity (Wildman–Crippen MR) is 61.4 cm³/mol. The van der Waals surface area contributed by atoms with Gasteiger partial charge in [-0.3, -0.25) is 5.32 Å². The molecule has 0 aliphatic rings. The molecule has 0 aromatic heterocycles. The number of carbonyl (C=O) groups is 1. The van der Waals surface area contributed by atoms with E-state index in [1.807, 2.05) is 0 Å². The van der Waals surface area contributed by atoms with Gasteiger partial charge < -0.3 is 4.74 Å². The molecule has 9 heteroatoms. The summed E-state index contributed by atoms with van der Waals surface area (Å²) in [5.74, 6) is 0. The molecule has 1 radical (unpaired) electrons. The molecular weight excluding hydrogens is 304 g/mol. The van der Waals surface area contributed by atoms with Crippen LogP contribution in [0.1, 0.15) is 17.5 Å². The summed E-state index contributed by atoms with van der Waals surface area (Å²) in [4.78, 5) is 11.2. The Labute approximate surface area is 115 Å². The highest BCUT2D eigenvalue weighted by Crippen LogP contribution is 2.43. The number of amides is 1. The molecule has 1 aromatic rings. The number of carbonyl (C=O) groups excluding carboxylic acids is 1. The van der Waals surface area contributed by atoms with Gasteiger partial charge in [-0.25, -0.2) is 4.79 Å². The summed E-state index contributed by atoms with van der Waals surface area (Å²) in [5.41, 5.74) is -4.87. The van der Waals surface area contributed by atoms with E-state index in [2.05, 4.69) is 11.7 Å². The van der Waals surface area contributed by atoms with Crippen molar-refractivity contribution in [1.82, 2.24) is 0 Å². The van der Waals surface area contributed by atoms with Gasteiger partial charge in [0.1, 0.15) is 0 Å². The van der Waals surface area contributed by atoms with Gasteiger partial charge in [0.05, 0.1) is 23.4 Å². The van der Waals surface area contributed by atoms with Crippen LogP contribution in [-0.4, -0.2) is 12.7 Å². The highest BCUT2D eigenvalue weighted by atomic mass is 19.4. The molecule has 0 heterocycles. The lowest BCUT2D eigenvalue weighted by molar-refractivity contribution is -0.161. The van der Waals surface area contributed by atoms with Crippen molar-refractivity contribution in [3.8, 4) is 0 Å². The first-order valence-electron chi connectivity index (χ1n) is 5.57. The normalized spacial score (nSPS) is 12.1. The van der Waals surface area contributed by atoms with Crippen molar-refractivity contribution in [2.24, 2.45) is 0 Å². The van der Waals surface area contributed by atoms with E-state index < -0.39 is 35.3 Å². The average molecular weight is 314 g/mol. The van der Waals surface area contributed by atoms with E-state index in [0.29, 0.717) is 6.07 Å². The van der Waals surface area contributed by atoms with E-state index in [0.717, 1.165) is 6.07 Å². The maximum atomic E-state index is 12.8. The van der Waals surface area contributed by atoms with Crippen LogP contribution in [0.25, 0.3) is 0 Å². The fourth-order valence-corrected chi connectivity index (χ4v) is 1.51. The average Bonchev–Trinajstić information content (AvgIpc) is 2.33. The Morgan fingerprint density at radius 3 is 2.24 bits per heavy atom. The lowest BCUT2D eigenvalue weighted by atomic mass is 10.0. The van der Waals surface area contributed by atoms with Crippen molar-refractivity contribution in [2.75, 3.05) is 11.9 Å². The maximum absolute atomic E-state index is 12.8. The minimum atomic E-state index is -5.29. The Hall–Kier alpha value is -1.93. The molecule has 3 nitrogen and oxygen atoms in total. The number of halogens is 6. The zero-order chi connectivity index (χ0) is 16.3. The Morgan fingerprint density at radius 1 is 1.14 bits per heavy atom. The van der Waals surface area contributed by atoms with Gasteiger partial charge in [0, 0.05) is 0 Å². The number of rotatable bonds is 3. The third-order valence-corrected chi connectivity index (χ3v) is 2.27. The van der Waals surface area contributed by atoms with Gasteiger partial charge in [-0.1, -0.05) is 6.07 Å². The second-order valence-corrected chi connectivity index (χ2v) is 3.84. The van der Waals surface area contributed by atoms with Crippen LogP contribution >= 0.6 is 0 Å². The van der Waals surface area contributed by atoms with Crippen molar-refractivity contribution in [3.63, 3.8) is 0 Å². The van der Waals surface area contributed by atoms with E-state index in [9.17, 15) is 31.1 Å². The summed E-state index contributed by atoms with van der Waals surface area (Å²) in [5, 5.41) is 1.66. The fourth-order valence-electron chi connectivity index (χ4n) is 1.51. The smallest absolute Gasteiger partial charge is 0.419 e. The van der Waals surface area contributed by atoms with Crippen LogP contribution in [0.3, 0.4) is 0 Å². The Balaban J connectivity index is 3.24. The highest BCUT2D eigenvalue weighted by Gasteiger charge is 2.45. The SMILES string of the molecule is [CH2]CCOC(=O)Nc1cccc(C(F)(F)F)c1C(F)(F)F. The van der Waals surface area contributed by atoms with E-state index in [-0.39, 0.29) is 19.1 Å². The quantitative estimate of drug-likeness (QED) is 0.834. The molecule has 1 amide bonds. The molecule has 1 N–H and O–H groups in total. The summed E-state index contributed by atoms with van der Waals surface area (Å²) >= 11 is 0. The number of alkyl halides is 6. The molecule has 1 rings (SSSR count). The zero-order valence-corrected chi connectivity index (χ0v) is 10.4. The molecule has 21 heavy (non-hydrogen) atoms. The predicted octanol–water partition coefficient (Wildman–Crippen LogP) is 4.50. The second kappa shape index (κ2) is 6.23. The number of ether oxygens (including phenoxy) is 1. The monoisotopic (exact) mass is 314 g/mol. The first-order chi connectivity index (χ1) is 9.57. The molecule has 0 unspecified atom stereocenters. The first-order valence-corrected chi connectivity index (χ1v) is 5.57. The van der Waals surface area contributed by atoms with Crippen LogP contribution < -0.4 is 5.32 Å². The van der Waals surface area contributed by atoms with Crippen LogP contribution in [0, 0.1) is 6.92 Å². The molecule has 0 saturated carbocycles. The number of nitrogens with one attached hydrogen (secondary N) is 1. The molecule has 0 aliphatic carbocycles. The number of benzene rings is 1. The van der Waals surface area contributed by atoms with Gasteiger partial charge in [0.25, 0.3) is 0 Å². The largest absolute Gasteiger partial charge is 0.449 e. The van der Waals surface area contributed by atoms with Crippen LogP contribution in [0.4, 0.5) is 36.8 Å². The minimum Gasteiger partial charge on any atom is -0.449 e. The highest BCUT2D eigenvalue weighted by molar-refractivity contribution is 5.86. The van der Waals surface area contributed by atoms with Crippen molar-refractivity contribution >= 4 is 11.8 Å². The van der Waals surface area contributed by atoms with E-state index in [4.69, 9.17) is 0 Å². The van der Waals surface area contributed by atoms with Gasteiger partial charge in [-0.05, 0) is 25.5 Å². The Kier molecular flexibility index (Phi) is 5.08. The fraction of sp³-hybridized carbons (Fsp3) is 0.333. The second-order valence-electron chi connectivity index (χ2n) is 3.84. The van der Waals surface area contributed by atoms with Gasteiger partial charge >= 0.3 is 18.4 Å².